The molecule has 1 unspecified atom stereocenters. The second kappa shape index (κ2) is 10.4. The van der Waals surface area contributed by atoms with Crippen LogP contribution in [0.3, 0.4) is 0 Å². The normalized spacial score (nSPS) is 16.9. The molecule has 4 rings (SSSR count). The van der Waals surface area contributed by atoms with E-state index >= 15 is 0 Å². The van der Waals surface area contributed by atoms with E-state index in [0.717, 1.165) is 0 Å². The van der Waals surface area contributed by atoms with Crippen molar-refractivity contribution in [2.24, 2.45) is 0 Å². The SMILES string of the molecule is COc1ccccc1/C(O)=C1/C(=O)C(=O)N(c2ccc(CC(=O)OC(C)C)cc2)C1c1cccnc1. The van der Waals surface area contributed by atoms with Gasteiger partial charge in [-0.25, -0.2) is 0 Å². The van der Waals surface area contributed by atoms with Crippen LogP contribution in [0.15, 0.2) is 78.6 Å². The monoisotopic (exact) mass is 486 g/mol. The zero-order valence-corrected chi connectivity index (χ0v) is 20.2. The Morgan fingerprint density at radius 1 is 1.06 bits per heavy atom. The highest BCUT2D eigenvalue weighted by Gasteiger charge is 2.47. The molecule has 1 N–H and O–H groups in total. The first-order valence-electron chi connectivity index (χ1n) is 11.4. The number of nitrogens with zero attached hydrogens (tertiary/aromatic N) is 2. The van der Waals surface area contributed by atoms with Crippen molar-refractivity contribution in [2.45, 2.75) is 32.4 Å². The highest BCUT2D eigenvalue weighted by atomic mass is 16.5. The molecule has 1 atom stereocenters. The minimum Gasteiger partial charge on any atom is -0.507 e. The molecule has 0 spiro atoms. The minimum absolute atomic E-state index is 0.0675. The number of hydrogen-bond acceptors (Lipinski definition) is 7. The summed E-state index contributed by atoms with van der Waals surface area (Å²) in [5.74, 6) is -1.94. The van der Waals surface area contributed by atoms with Gasteiger partial charge in [0.2, 0.25) is 0 Å². The van der Waals surface area contributed by atoms with Crippen LogP contribution in [0, 0.1) is 0 Å². The fourth-order valence-electron chi connectivity index (χ4n) is 4.18. The second-order valence-corrected chi connectivity index (χ2v) is 8.54. The maximum atomic E-state index is 13.3. The van der Waals surface area contributed by atoms with Crippen LogP contribution in [0.1, 0.15) is 36.6 Å². The van der Waals surface area contributed by atoms with E-state index < -0.39 is 17.7 Å². The Balaban J connectivity index is 1.79. The average molecular weight is 487 g/mol. The first-order chi connectivity index (χ1) is 17.3. The zero-order valence-electron chi connectivity index (χ0n) is 20.2. The number of anilines is 1. The minimum atomic E-state index is -0.916. The molecule has 1 amide bonds. The van der Waals surface area contributed by atoms with Crippen LogP contribution in [-0.4, -0.2) is 41.0 Å². The first-order valence-corrected chi connectivity index (χ1v) is 11.4. The number of ether oxygens (including phenoxy) is 2. The Kier molecular flexibility index (Phi) is 7.15. The third-order valence-electron chi connectivity index (χ3n) is 5.74. The van der Waals surface area contributed by atoms with Crippen molar-refractivity contribution in [1.29, 1.82) is 0 Å². The van der Waals surface area contributed by atoms with Gasteiger partial charge in [0.25, 0.3) is 11.7 Å². The molecule has 1 fully saturated rings. The molecule has 2 aromatic carbocycles. The van der Waals surface area contributed by atoms with Gasteiger partial charge in [0.1, 0.15) is 11.5 Å². The maximum Gasteiger partial charge on any atom is 0.310 e. The molecule has 1 saturated heterocycles. The lowest BCUT2D eigenvalue weighted by atomic mass is 9.95. The first kappa shape index (κ1) is 24.7. The van der Waals surface area contributed by atoms with Crippen LogP contribution >= 0.6 is 0 Å². The molecule has 8 nitrogen and oxygen atoms in total. The van der Waals surface area contributed by atoms with E-state index in [1.54, 1.807) is 86.9 Å². The van der Waals surface area contributed by atoms with Gasteiger partial charge >= 0.3 is 5.97 Å². The van der Waals surface area contributed by atoms with Gasteiger partial charge < -0.3 is 14.6 Å². The molecule has 1 aliphatic rings. The zero-order chi connectivity index (χ0) is 25.8. The summed E-state index contributed by atoms with van der Waals surface area (Å²) in [6.45, 7) is 3.56. The van der Waals surface area contributed by atoms with Crippen LogP contribution in [0.2, 0.25) is 0 Å². The number of carbonyl (C=O) groups is 3. The molecule has 0 bridgehead atoms. The average Bonchev–Trinajstić information content (AvgIpc) is 3.14. The fourth-order valence-corrected chi connectivity index (χ4v) is 4.18. The van der Waals surface area contributed by atoms with E-state index in [1.807, 2.05) is 0 Å². The fraction of sp³-hybridized carbons (Fsp3) is 0.214. The van der Waals surface area contributed by atoms with E-state index in [0.29, 0.717) is 28.1 Å². The number of aliphatic hydroxyl groups excluding tert-OH is 1. The third kappa shape index (κ3) is 4.84. The van der Waals surface area contributed by atoms with Crippen molar-refractivity contribution in [3.8, 4) is 5.75 Å². The number of carbonyl (C=O) groups excluding carboxylic acids is 3. The number of hydrogen-bond donors (Lipinski definition) is 1. The molecule has 0 radical (unpaired) electrons. The Morgan fingerprint density at radius 2 is 1.78 bits per heavy atom. The van der Waals surface area contributed by atoms with E-state index in [9.17, 15) is 19.5 Å². The highest BCUT2D eigenvalue weighted by Crippen LogP contribution is 2.43. The van der Waals surface area contributed by atoms with Gasteiger partial charge in [0.15, 0.2) is 0 Å². The third-order valence-corrected chi connectivity index (χ3v) is 5.74. The molecular formula is C28H26N2O6. The lowest BCUT2D eigenvalue weighted by Gasteiger charge is -2.25. The summed E-state index contributed by atoms with van der Waals surface area (Å²) in [4.78, 5) is 44.0. The molecule has 0 saturated carbocycles. The number of aromatic nitrogens is 1. The van der Waals surface area contributed by atoms with Crippen molar-refractivity contribution in [2.75, 3.05) is 12.0 Å². The molecule has 8 heteroatoms. The number of amides is 1. The largest absolute Gasteiger partial charge is 0.507 e. The van der Waals surface area contributed by atoms with Crippen molar-refractivity contribution in [1.82, 2.24) is 4.98 Å². The number of esters is 1. The molecule has 2 heterocycles. The summed E-state index contributed by atoms with van der Waals surface area (Å²) in [5, 5.41) is 11.3. The van der Waals surface area contributed by atoms with Gasteiger partial charge in [-0.2, -0.15) is 0 Å². The Hall–Kier alpha value is -4.46. The standard InChI is InChI=1S/C28H26N2O6/c1-17(2)36-23(31)15-18-10-12-20(13-11-18)30-25(19-7-6-14-29-16-19)24(27(33)28(30)34)26(32)21-8-4-5-9-22(21)35-3/h4-14,16-17,25,32H,15H2,1-3H3/b26-24-. The van der Waals surface area contributed by atoms with E-state index in [1.165, 1.54) is 12.0 Å². The number of ketones is 1. The summed E-state index contributed by atoms with van der Waals surface area (Å²) < 4.78 is 10.5. The molecule has 3 aromatic rings. The quantitative estimate of drug-likeness (QED) is 0.231. The van der Waals surface area contributed by atoms with Crippen LogP contribution in [-0.2, 0) is 25.5 Å². The molecule has 1 aliphatic heterocycles. The number of aliphatic hydroxyl groups is 1. The number of Topliss-reactive ketones (excluding diaryl/α,β-unsaturated/α-hetero) is 1. The molecule has 36 heavy (non-hydrogen) atoms. The maximum absolute atomic E-state index is 13.3. The second-order valence-electron chi connectivity index (χ2n) is 8.54. The number of rotatable bonds is 7. The predicted molar refractivity (Wildman–Crippen MR) is 133 cm³/mol. The van der Waals surface area contributed by atoms with Gasteiger partial charge in [-0.05, 0) is 55.3 Å². The Morgan fingerprint density at radius 3 is 2.42 bits per heavy atom. The van der Waals surface area contributed by atoms with E-state index in [4.69, 9.17) is 9.47 Å². The van der Waals surface area contributed by atoms with Crippen molar-refractivity contribution >= 4 is 29.1 Å². The van der Waals surface area contributed by atoms with Crippen LogP contribution in [0.5, 0.6) is 5.75 Å². The molecule has 1 aromatic heterocycles. The van der Waals surface area contributed by atoms with Crippen LogP contribution in [0.25, 0.3) is 5.76 Å². The van der Waals surface area contributed by atoms with Gasteiger partial charge in [0.05, 0.1) is 36.8 Å². The van der Waals surface area contributed by atoms with Crippen LogP contribution < -0.4 is 9.64 Å². The number of benzene rings is 2. The summed E-state index contributed by atoms with van der Waals surface area (Å²) in [6.07, 6.45) is 3.00. The highest BCUT2D eigenvalue weighted by molar-refractivity contribution is 6.51. The lowest BCUT2D eigenvalue weighted by Crippen LogP contribution is -2.29. The van der Waals surface area contributed by atoms with Crippen molar-refractivity contribution < 1.29 is 29.0 Å². The van der Waals surface area contributed by atoms with E-state index in [-0.39, 0.29) is 29.8 Å². The summed E-state index contributed by atoms with van der Waals surface area (Å²) in [5.41, 5.74) is 1.92. The molecule has 184 valence electrons. The van der Waals surface area contributed by atoms with Crippen molar-refractivity contribution in [3.63, 3.8) is 0 Å². The molecule has 0 aliphatic carbocycles. The predicted octanol–water partition coefficient (Wildman–Crippen LogP) is 4.21. The van der Waals surface area contributed by atoms with Gasteiger partial charge in [-0.15, -0.1) is 0 Å². The smallest absolute Gasteiger partial charge is 0.310 e. The summed E-state index contributed by atoms with van der Waals surface area (Å²) in [6, 6.07) is 16.0. The van der Waals surface area contributed by atoms with Gasteiger partial charge in [-0.1, -0.05) is 30.3 Å². The Bertz CT molecular complexity index is 1320. The number of pyridine rings is 1. The number of para-hydroxylation sites is 1. The summed E-state index contributed by atoms with van der Waals surface area (Å²) in [7, 11) is 1.46. The van der Waals surface area contributed by atoms with Crippen molar-refractivity contribution in [3.05, 3.63) is 95.3 Å². The van der Waals surface area contributed by atoms with Gasteiger partial charge in [-0.3, -0.25) is 24.3 Å². The van der Waals surface area contributed by atoms with E-state index in [2.05, 4.69) is 4.98 Å². The summed E-state index contributed by atoms with van der Waals surface area (Å²) >= 11 is 0. The van der Waals surface area contributed by atoms with Crippen LogP contribution in [0.4, 0.5) is 5.69 Å². The number of methoxy groups -OCH3 is 1. The lowest BCUT2D eigenvalue weighted by molar-refractivity contribution is -0.146. The Labute approximate surface area is 208 Å². The van der Waals surface area contributed by atoms with Gasteiger partial charge in [0, 0.05) is 18.1 Å². The topological polar surface area (TPSA) is 106 Å². The molecular weight excluding hydrogens is 460 g/mol.